The Balaban J connectivity index is 1.87. The Morgan fingerprint density at radius 2 is 2.05 bits per heavy atom. The van der Waals surface area contributed by atoms with E-state index in [0.29, 0.717) is 6.04 Å². The van der Waals surface area contributed by atoms with Crippen LogP contribution in [0, 0.1) is 6.92 Å². The zero-order valence-corrected chi connectivity index (χ0v) is 12.5. The molecular weight excluding hydrogens is 270 g/mol. The van der Waals surface area contributed by atoms with Crippen molar-refractivity contribution in [3.8, 4) is 5.75 Å². The number of fused-ring (bicyclic) bond motifs is 1. The van der Waals surface area contributed by atoms with Gasteiger partial charge in [-0.1, -0.05) is 23.7 Å². The molecule has 1 unspecified atom stereocenters. The molecular formula is C17H18ClNO. The molecule has 1 atom stereocenters. The highest BCUT2D eigenvalue weighted by Gasteiger charge is 2.23. The van der Waals surface area contributed by atoms with Crippen LogP contribution in [0.2, 0.25) is 5.02 Å². The van der Waals surface area contributed by atoms with Crippen LogP contribution < -0.4 is 10.1 Å². The topological polar surface area (TPSA) is 21.3 Å². The first-order chi connectivity index (χ1) is 9.67. The normalized spacial score (nSPS) is 16.9. The average molecular weight is 288 g/mol. The molecule has 1 aliphatic carbocycles. The molecule has 2 nitrogen and oxygen atoms in total. The summed E-state index contributed by atoms with van der Waals surface area (Å²) in [6.07, 6.45) is 2.19. The number of benzene rings is 2. The van der Waals surface area contributed by atoms with Crippen molar-refractivity contribution in [1.82, 2.24) is 0 Å². The number of ether oxygens (including phenoxy) is 1. The fourth-order valence-corrected chi connectivity index (χ4v) is 3.07. The van der Waals surface area contributed by atoms with Crippen molar-refractivity contribution in [2.45, 2.75) is 25.8 Å². The van der Waals surface area contributed by atoms with E-state index in [2.05, 4.69) is 29.6 Å². The minimum Gasteiger partial charge on any atom is -0.497 e. The Morgan fingerprint density at radius 1 is 1.20 bits per heavy atom. The van der Waals surface area contributed by atoms with Crippen LogP contribution in [0.3, 0.4) is 0 Å². The largest absolute Gasteiger partial charge is 0.497 e. The Kier molecular flexibility index (Phi) is 3.58. The van der Waals surface area contributed by atoms with Crippen molar-refractivity contribution in [2.75, 3.05) is 12.4 Å². The van der Waals surface area contributed by atoms with Crippen LogP contribution in [-0.2, 0) is 6.42 Å². The van der Waals surface area contributed by atoms with Gasteiger partial charge in [-0.05, 0) is 60.7 Å². The molecule has 3 rings (SSSR count). The first-order valence-electron chi connectivity index (χ1n) is 6.87. The van der Waals surface area contributed by atoms with Crippen LogP contribution in [0.1, 0.15) is 29.2 Å². The summed E-state index contributed by atoms with van der Waals surface area (Å²) in [5, 5.41) is 4.34. The maximum atomic E-state index is 6.31. The fourth-order valence-electron chi connectivity index (χ4n) is 2.78. The highest BCUT2D eigenvalue weighted by molar-refractivity contribution is 6.33. The summed E-state index contributed by atoms with van der Waals surface area (Å²) in [7, 11) is 1.70. The monoisotopic (exact) mass is 287 g/mol. The second-order valence-corrected chi connectivity index (χ2v) is 5.69. The molecule has 0 aliphatic heterocycles. The van der Waals surface area contributed by atoms with Crippen molar-refractivity contribution in [1.29, 1.82) is 0 Å². The molecule has 0 heterocycles. The molecule has 0 saturated heterocycles. The molecule has 0 bridgehead atoms. The maximum Gasteiger partial charge on any atom is 0.119 e. The van der Waals surface area contributed by atoms with Gasteiger partial charge in [0.25, 0.3) is 0 Å². The van der Waals surface area contributed by atoms with E-state index in [0.717, 1.165) is 29.3 Å². The zero-order chi connectivity index (χ0) is 14.1. The minimum atomic E-state index is 0.306. The molecule has 0 fully saturated rings. The second-order valence-electron chi connectivity index (χ2n) is 5.28. The van der Waals surface area contributed by atoms with E-state index in [1.165, 1.54) is 16.7 Å². The quantitative estimate of drug-likeness (QED) is 0.879. The van der Waals surface area contributed by atoms with Gasteiger partial charge >= 0.3 is 0 Å². The smallest absolute Gasteiger partial charge is 0.119 e. The van der Waals surface area contributed by atoms with Crippen molar-refractivity contribution in [3.05, 3.63) is 58.1 Å². The van der Waals surface area contributed by atoms with Crippen LogP contribution >= 0.6 is 11.6 Å². The minimum absolute atomic E-state index is 0.306. The van der Waals surface area contributed by atoms with Gasteiger partial charge in [0.2, 0.25) is 0 Å². The lowest BCUT2D eigenvalue weighted by Gasteiger charge is -2.17. The molecule has 2 aromatic carbocycles. The zero-order valence-electron chi connectivity index (χ0n) is 11.7. The Hall–Kier alpha value is -1.67. The number of aryl methyl sites for hydroxylation is 2. The molecule has 0 saturated carbocycles. The highest BCUT2D eigenvalue weighted by Crippen LogP contribution is 2.37. The van der Waals surface area contributed by atoms with Gasteiger partial charge in [0.1, 0.15) is 5.75 Å². The molecule has 0 amide bonds. The van der Waals surface area contributed by atoms with Crippen LogP contribution in [0.4, 0.5) is 5.69 Å². The fraction of sp³-hybridized carbons (Fsp3) is 0.294. The lowest BCUT2D eigenvalue weighted by molar-refractivity contribution is 0.414. The number of rotatable bonds is 3. The van der Waals surface area contributed by atoms with Crippen molar-refractivity contribution >= 4 is 17.3 Å². The number of methoxy groups -OCH3 is 1. The predicted molar refractivity (Wildman–Crippen MR) is 83.9 cm³/mol. The molecule has 0 spiro atoms. The number of anilines is 1. The number of halogens is 1. The van der Waals surface area contributed by atoms with E-state index < -0.39 is 0 Å². The standard InChI is InChI=1S/C17H18ClNO/c1-11-3-7-17(15(18)9-11)19-16-8-5-12-4-6-13(20-2)10-14(12)16/h3-4,6-7,9-10,16,19H,5,8H2,1-2H3. The van der Waals surface area contributed by atoms with Gasteiger partial charge < -0.3 is 10.1 Å². The third kappa shape index (κ3) is 2.48. The van der Waals surface area contributed by atoms with Crippen molar-refractivity contribution < 1.29 is 4.74 Å². The van der Waals surface area contributed by atoms with Gasteiger partial charge in [0, 0.05) is 0 Å². The van der Waals surface area contributed by atoms with E-state index >= 15 is 0 Å². The van der Waals surface area contributed by atoms with E-state index in [4.69, 9.17) is 16.3 Å². The van der Waals surface area contributed by atoms with Crippen LogP contribution in [0.25, 0.3) is 0 Å². The van der Waals surface area contributed by atoms with Crippen molar-refractivity contribution in [3.63, 3.8) is 0 Å². The van der Waals surface area contributed by atoms with Gasteiger partial charge in [0.15, 0.2) is 0 Å². The van der Waals surface area contributed by atoms with Gasteiger partial charge in [0.05, 0.1) is 23.9 Å². The second kappa shape index (κ2) is 5.37. The third-order valence-electron chi connectivity index (χ3n) is 3.89. The van der Waals surface area contributed by atoms with E-state index in [9.17, 15) is 0 Å². The number of hydrogen-bond acceptors (Lipinski definition) is 2. The summed E-state index contributed by atoms with van der Waals surface area (Å²) in [5.41, 5.74) is 4.89. The Labute approximate surface area is 124 Å². The summed E-state index contributed by atoms with van der Waals surface area (Å²) < 4.78 is 5.32. The molecule has 0 aromatic heterocycles. The van der Waals surface area contributed by atoms with Gasteiger partial charge in [-0.2, -0.15) is 0 Å². The molecule has 0 radical (unpaired) electrons. The molecule has 3 heteroatoms. The average Bonchev–Trinajstić information content (AvgIpc) is 2.84. The lowest BCUT2D eigenvalue weighted by Crippen LogP contribution is -2.07. The van der Waals surface area contributed by atoms with E-state index in [-0.39, 0.29) is 0 Å². The number of nitrogens with one attached hydrogen (secondary N) is 1. The van der Waals surface area contributed by atoms with Gasteiger partial charge in [-0.25, -0.2) is 0 Å². The van der Waals surface area contributed by atoms with Crippen LogP contribution in [0.15, 0.2) is 36.4 Å². The molecule has 20 heavy (non-hydrogen) atoms. The van der Waals surface area contributed by atoms with Crippen LogP contribution in [-0.4, -0.2) is 7.11 Å². The Bertz CT molecular complexity index is 639. The maximum absolute atomic E-state index is 6.31. The first kappa shape index (κ1) is 13.3. The summed E-state index contributed by atoms with van der Waals surface area (Å²) >= 11 is 6.31. The Morgan fingerprint density at radius 3 is 2.80 bits per heavy atom. The SMILES string of the molecule is COc1ccc2c(c1)C(Nc1ccc(C)cc1Cl)CC2. The molecule has 2 aromatic rings. The van der Waals surface area contributed by atoms with Crippen molar-refractivity contribution in [2.24, 2.45) is 0 Å². The van der Waals surface area contributed by atoms with E-state index in [1.807, 2.05) is 19.1 Å². The molecule has 1 N–H and O–H groups in total. The predicted octanol–water partition coefficient (Wildman–Crippen LogP) is 4.76. The third-order valence-corrected chi connectivity index (χ3v) is 4.20. The summed E-state index contributed by atoms with van der Waals surface area (Å²) in [4.78, 5) is 0. The van der Waals surface area contributed by atoms with Gasteiger partial charge in [-0.3, -0.25) is 0 Å². The summed E-state index contributed by atoms with van der Waals surface area (Å²) in [6.45, 7) is 2.05. The molecule has 1 aliphatic rings. The molecule has 104 valence electrons. The summed E-state index contributed by atoms with van der Waals surface area (Å²) in [5.74, 6) is 0.910. The first-order valence-corrected chi connectivity index (χ1v) is 7.24. The lowest BCUT2D eigenvalue weighted by atomic mass is 10.1. The van der Waals surface area contributed by atoms with E-state index in [1.54, 1.807) is 7.11 Å². The van der Waals surface area contributed by atoms with Crippen LogP contribution in [0.5, 0.6) is 5.75 Å². The van der Waals surface area contributed by atoms with Gasteiger partial charge in [-0.15, -0.1) is 0 Å². The highest BCUT2D eigenvalue weighted by atomic mass is 35.5. The number of hydrogen-bond donors (Lipinski definition) is 1. The summed E-state index contributed by atoms with van der Waals surface area (Å²) in [6, 6.07) is 12.7.